The van der Waals surface area contributed by atoms with E-state index in [1.165, 1.54) is 4.68 Å². The molecule has 0 saturated carbocycles. The Bertz CT molecular complexity index is 889. The van der Waals surface area contributed by atoms with Crippen LogP contribution < -0.4 is 9.58 Å². The summed E-state index contributed by atoms with van der Waals surface area (Å²) in [7, 11) is 0. The van der Waals surface area contributed by atoms with Crippen molar-refractivity contribution in [3.05, 3.63) is 93.9 Å². The Labute approximate surface area is 137 Å². The molecule has 0 atom stereocenters. The highest BCUT2D eigenvalue weighted by Gasteiger charge is 2.28. The van der Waals surface area contributed by atoms with Gasteiger partial charge in [-0.2, -0.15) is 15.3 Å². The van der Waals surface area contributed by atoms with Gasteiger partial charge < -0.3 is 10.4 Å². The summed E-state index contributed by atoms with van der Waals surface area (Å²) in [5.74, 6) is 0. The summed E-state index contributed by atoms with van der Waals surface area (Å²) in [5.41, 5.74) is 2.47. The van der Waals surface area contributed by atoms with Crippen LogP contribution in [0.1, 0.15) is 28.3 Å². The zero-order valence-electron chi connectivity index (χ0n) is 12.4. The van der Waals surface area contributed by atoms with Crippen LogP contribution in [0, 0.1) is 33.1 Å². The summed E-state index contributed by atoms with van der Waals surface area (Å²) >= 11 is 0. The molecule has 0 spiro atoms. The molecule has 0 fully saturated rings. The first kappa shape index (κ1) is 15.1. The first-order valence-electron chi connectivity index (χ1n) is 7.02. The topological polar surface area (TPSA) is 106 Å². The fourth-order valence-electron chi connectivity index (χ4n) is 2.51. The highest BCUT2D eigenvalue weighted by atomic mass is 16.5. The molecule has 7 nitrogen and oxygen atoms in total. The molecule has 116 valence electrons. The first-order valence-corrected chi connectivity index (χ1v) is 7.02. The number of hydrogen-bond donors (Lipinski definition) is 0. The predicted octanol–water partition coefficient (Wildman–Crippen LogP) is 1.14. The molecule has 0 unspecified atom stereocenters. The molecule has 1 aromatic heterocycles. The second-order valence-electron chi connectivity index (χ2n) is 5.14. The minimum absolute atomic E-state index is 0.424. The van der Waals surface area contributed by atoms with Crippen molar-refractivity contribution >= 4 is 0 Å². The zero-order chi connectivity index (χ0) is 17.1. The van der Waals surface area contributed by atoms with E-state index in [2.05, 4.69) is 0 Å². The molecule has 3 aromatic rings. The molecule has 0 aliphatic carbocycles. The summed E-state index contributed by atoms with van der Waals surface area (Å²) in [6, 6.07) is 17.0. The van der Waals surface area contributed by atoms with Gasteiger partial charge in [-0.1, -0.05) is 24.3 Å². The number of nitrogens with zero attached hydrogens (tertiary/aromatic N) is 5. The monoisotopic (exact) mass is 317 g/mol. The van der Waals surface area contributed by atoms with Crippen molar-refractivity contribution in [1.29, 1.82) is 10.5 Å². The summed E-state index contributed by atoms with van der Waals surface area (Å²) in [4.78, 5) is 0.452. The van der Waals surface area contributed by atoms with Gasteiger partial charge in [0, 0.05) is 11.1 Å². The standard InChI is InChI=1S/C17H11N5O2/c18-9-13-1-5-15(6-2-13)17(21-11-20(23)12-22(21)24)16-7-3-14(10-19)4-8-16/h1-8,11-12,17H. The lowest BCUT2D eigenvalue weighted by atomic mass is 9.97. The lowest BCUT2D eigenvalue weighted by molar-refractivity contribution is -0.748. The molecule has 7 heteroatoms. The van der Waals surface area contributed by atoms with Crippen molar-refractivity contribution in [1.82, 2.24) is 4.68 Å². The van der Waals surface area contributed by atoms with Gasteiger partial charge in [0.25, 0.3) is 0 Å². The van der Waals surface area contributed by atoms with E-state index in [4.69, 9.17) is 10.5 Å². The molecule has 0 radical (unpaired) electrons. The number of rotatable bonds is 3. The molecule has 0 bridgehead atoms. The largest absolute Gasteiger partial charge is 0.676 e. The molecule has 24 heavy (non-hydrogen) atoms. The molecule has 0 amide bonds. The van der Waals surface area contributed by atoms with Gasteiger partial charge in [0.05, 0.1) is 23.3 Å². The molecule has 0 N–H and O–H groups in total. The predicted molar refractivity (Wildman–Crippen MR) is 81.9 cm³/mol. The smallest absolute Gasteiger partial charge is 0.359 e. The molecule has 1 heterocycles. The van der Waals surface area contributed by atoms with E-state index in [0.717, 1.165) is 23.8 Å². The van der Waals surface area contributed by atoms with Crippen molar-refractivity contribution in [2.24, 2.45) is 0 Å². The third kappa shape index (κ3) is 2.74. The fraction of sp³-hybridized carbons (Fsp3) is 0.0588. The summed E-state index contributed by atoms with van der Waals surface area (Å²) in [6.45, 7) is 0. The average molecular weight is 317 g/mol. The van der Waals surface area contributed by atoms with Crippen LogP contribution in [0.5, 0.6) is 0 Å². The molecule has 2 aromatic carbocycles. The second-order valence-corrected chi connectivity index (χ2v) is 5.14. The van der Waals surface area contributed by atoms with Crippen LogP contribution in [-0.2, 0) is 0 Å². The quantitative estimate of drug-likeness (QED) is 0.533. The van der Waals surface area contributed by atoms with Gasteiger partial charge >= 0.3 is 12.7 Å². The van der Waals surface area contributed by atoms with Gasteiger partial charge in [0.2, 0.25) is 6.04 Å². The molecule has 0 aliphatic rings. The molecule has 0 aliphatic heterocycles. The summed E-state index contributed by atoms with van der Waals surface area (Å²) in [5, 5.41) is 41.3. The van der Waals surface area contributed by atoms with Gasteiger partial charge in [-0.15, -0.1) is 0 Å². The van der Waals surface area contributed by atoms with Gasteiger partial charge in [0.15, 0.2) is 0 Å². The van der Waals surface area contributed by atoms with Crippen LogP contribution in [-0.4, -0.2) is 4.68 Å². The van der Waals surface area contributed by atoms with Crippen LogP contribution in [0.3, 0.4) is 0 Å². The average Bonchev–Trinajstić information content (AvgIpc) is 2.94. The second kappa shape index (κ2) is 6.11. The Kier molecular flexibility index (Phi) is 3.84. The van der Waals surface area contributed by atoms with Crippen LogP contribution in [0.2, 0.25) is 0 Å². The Morgan fingerprint density at radius 2 is 1.29 bits per heavy atom. The van der Waals surface area contributed by atoms with E-state index in [1.54, 1.807) is 48.5 Å². The van der Waals surface area contributed by atoms with Crippen LogP contribution in [0.15, 0.2) is 61.2 Å². The van der Waals surface area contributed by atoms with Crippen molar-refractivity contribution in [2.75, 3.05) is 0 Å². The maximum atomic E-state index is 12.0. The van der Waals surface area contributed by atoms with Gasteiger partial charge in [-0.25, -0.2) is 0 Å². The van der Waals surface area contributed by atoms with Crippen molar-refractivity contribution < 1.29 is 9.58 Å². The van der Waals surface area contributed by atoms with Gasteiger partial charge in [-0.05, 0) is 33.8 Å². The number of aromatic nitrogens is 3. The Balaban J connectivity index is 2.14. The molecular weight excluding hydrogens is 306 g/mol. The zero-order valence-corrected chi connectivity index (χ0v) is 12.4. The Hall–Kier alpha value is -3.84. The van der Waals surface area contributed by atoms with E-state index in [9.17, 15) is 10.4 Å². The first-order chi connectivity index (χ1) is 11.6. The van der Waals surface area contributed by atoms with Crippen molar-refractivity contribution in [3.8, 4) is 12.1 Å². The normalized spacial score (nSPS) is 10.3. The highest BCUT2D eigenvalue weighted by Crippen LogP contribution is 2.25. The van der Waals surface area contributed by atoms with E-state index >= 15 is 0 Å². The fourth-order valence-corrected chi connectivity index (χ4v) is 2.51. The van der Waals surface area contributed by atoms with Crippen LogP contribution in [0.4, 0.5) is 0 Å². The SMILES string of the molecule is N#Cc1ccc(C(c2ccc(C#N)cc2)n2c[n+]([O-])c[n+]2[O-])cc1. The lowest BCUT2D eigenvalue weighted by Gasteiger charge is -2.12. The maximum absolute atomic E-state index is 12.0. The van der Waals surface area contributed by atoms with Crippen LogP contribution in [0.25, 0.3) is 0 Å². The summed E-state index contributed by atoms with van der Waals surface area (Å²) < 4.78 is 1.67. The maximum Gasteiger partial charge on any atom is 0.359 e. The highest BCUT2D eigenvalue weighted by molar-refractivity contribution is 5.39. The van der Waals surface area contributed by atoms with Crippen LogP contribution >= 0.6 is 0 Å². The van der Waals surface area contributed by atoms with E-state index in [0.29, 0.717) is 20.7 Å². The van der Waals surface area contributed by atoms with E-state index < -0.39 is 6.04 Å². The Morgan fingerprint density at radius 1 is 0.833 bits per heavy atom. The third-order valence-electron chi connectivity index (χ3n) is 3.65. The molecule has 3 rings (SSSR count). The van der Waals surface area contributed by atoms with Gasteiger partial charge in [0.1, 0.15) is 0 Å². The minimum atomic E-state index is -0.557. The number of benzene rings is 2. The number of hydrogen-bond acceptors (Lipinski definition) is 4. The minimum Gasteiger partial charge on any atom is -0.676 e. The summed E-state index contributed by atoms with van der Waals surface area (Å²) in [6.07, 6.45) is 2.02. The van der Waals surface area contributed by atoms with Gasteiger partial charge in [-0.3, -0.25) is 0 Å². The van der Waals surface area contributed by atoms with E-state index in [1.807, 2.05) is 12.1 Å². The van der Waals surface area contributed by atoms with E-state index in [-0.39, 0.29) is 0 Å². The lowest BCUT2D eigenvalue weighted by Crippen LogP contribution is -2.40. The van der Waals surface area contributed by atoms with Crippen molar-refractivity contribution in [2.45, 2.75) is 6.04 Å². The molecule has 0 saturated heterocycles. The third-order valence-corrected chi connectivity index (χ3v) is 3.65. The van der Waals surface area contributed by atoms with Crippen molar-refractivity contribution in [3.63, 3.8) is 0 Å². The Morgan fingerprint density at radius 3 is 1.62 bits per heavy atom. The number of nitriles is 2. The molecular formula is C17H11N5O2.